The number of benzene rings is 2. The Morgan fingerprint density at radius 3 is 2.66 bits per heavy atom. The zero-order chi connectivity index (χ0) is 20.5. The zero-order valence-electron chi connectivity index (χ0n) is 16.2. The summed E-state index contributed by atoms with van der Waals surface area (Å²) in [7, 11) is 1.61. The number of carbonyl (C=O) groups is 2. The normalized spacial score (nSPS) is 19.8. The number of rotatable bonds is 4. The molecule has 6 nitrogen and oxygen atoms in total. The summed E-state index contributed by atoms with van der Waals surface area (Å²) in [6, 6.07) is 11.6. The summed E-state index contributed by atoms with van der Waals surface area (Å²) in [5, 5.41) is 6.02. The molecule has 1 heterocycles. The number of amides is 1. The molecule has 29 heavy (non-hydrogen) atoms. The zero-order valence-corrected chi connectivity index (χ0v) is 16.2. The van der Waals surface area contributed by atoms with Gasteiger partial charge in [0.2, 0.25) is 0 Å². The van der Waals surface area contributed by atoms with Crippen molar-refractivity contribution in [3.05, 3.63) is 65.0 Å². The van der Waals surface area contributed by atoms with Crippen molar-refractivity contribution in [3.63, 3.8) is 0 Å². The standard InChI is InChI=1S/C22H21FN2O4/c1-13(26)29-12-20(27)25-22(15-3-7-16(23)8-4-15)18-10-6-14-5-9-17(28-2)11-19(14)21(18)24-25/h3-5,7-9,11,18,22H,6,10,12H2,1-2H3/t18-,22-/m1/s1. The van der Waals surface area contributed by atoms with E-state index in [0.717, 1.165) is 41.0 Å². The van der Waals surface area contributed by atoms with Crippen molar-refractivity contribution in [2.45, 2.75) is 25.8 Å². The van der Waals surface area contributed by atoms with Crippen LogP contribution in [0, 0.1) is 11.7 Å². The Labute approximate surface area is 167 Å². The molecular formula is C22H21FN2O4. The van der Waals surface area contributed by atoms with Crippen LogP contribution >= 0.6 is 0 Å². The SMILES string of the molecule is COc1ccc2c(c1)C1=NN(C(=O)COC(C)=O)[C@H](c3ccc(F)cc3)[C@@H]1CC2. The van der Waals surface area contributed by atoms with Crippen LogP contribution in [0.15, 0.2) is 47.6 Å². The van der Waals surface area contributed by atoms with Crippen molar-refractivity contribution in [1.82, 2.24) is 5.01 Å². The minimum Gasteiger partial charge on any atom is -0.497 e. The van der Waals surface area contributed by atoms with Gasteiger partial charge in [0, 0.05) is 18.4 Å². The first kappa shape index (κ1) is 19.1. The third kappa shape index (κ3) is 3.60. The molecule has 0 N–H and O–H groups in total. The van der Waals surface area contributed by atoms with Gasteiger partial charge in [-0.25, -0.2) is 9.40 Å². The van der Waals surface area contributed by atoms with Gasteiger partial charge in [0.05, 0.1) is 18.9 Å². The highest BCUT2D eigenvalue weighted by Gasteiger charge is 2.44. The third-order valence-electron chi connectivity index (χ3n) is 5.39. The summed E-state index contributed by atoms with van der Waals surface area (Å²) in [6.07, 6.45) is 1.64. The van der Waals surface area contributed by atoms with E-state index in [0.29, 0.717) is 0 Å². The van der Waals surface area contributed by atoms with E-state index in [4.69, 9.17) is 9.47 Å². The van der Waals surface area contributed by atoms with Gasteiger partial charge in [0.15, 0.2) is 6.61 Å². The van der Waals surface area contributed by atoms with Gasteiger partial charge in [-0.2, -0.15) is 5.10 Å². The topological polar surface area (TPSA) is 68.2 Å². The van der Waals surface area contributed by atoms with Crippen LogP contribution in [0.4, 0.5) is 4.39 Å². The number of halogens is 1. The first-order valence-electron chi connectivity index (χ1n) is 9.44. The molecule has 7 heteroatoms. The van der Waals surface area contributed by atoms with Crippen LogP contribution in [0.5, 0.6) is 5.75 Å². The first-order valence-corrected chi connectivity index (χ1v) is 9.44. The lowest BCUT2D eigenvalue weighted by molar-refractivity contribution is -0.151. The van der Waals surface area contributed by atoms with Gasteiger partial charge in [-0.15, -0.1) is 0 Å². The highest BCUT2D eigenvalue weighted by molar-refractivity contribution is 6.07. The smallest absolute Gasteiger partial charge is 0.303 e. The second-order valence-electron chi connectivity index (χ2n) is 7.17. The molecule has 1 amide bonds. The molecule has 0 unspecified atom stereocenters. The van der Waals surface area contributed by atoms with Crippen molar-refractivity contribution in [2.24, 2.45) is 11.0 Å². The fourth-order valence-corrected chi connectivity index (χ4v) is 4.04. The lowest BCUT2D eigenvalue weighted by Crippen LogP contribution is -2.34. The number of hydrogen-bond donors (Lipinski definition) is 0. The van der Waals surface area contributed by atoms with Crippen LogP contribution in [0.2, 0.25) is 0 Å². The monoisotopic (exact) mass is 396 g/mol. The van der Waals surface area contributed by atoms with Crippen molar-refractivity contribution >= 4 is 17.6 Å². The van der Waals surface area contributed by atoms with Crippen LogP contribution in [0.3, 0.4) is 0 Å². The van der Waals surface area contributed by atoms with Crippen molar-refractivity contribution in [1.29, 1.82) is 0 Å². The first-order chi connectivity index (χ1) is 14.0. The Balaban J connectivity index is 1.75. The maximum atomic E-state index is 13.5. The molecule has 2 aromatic carbocycles. The molecule has 0 spiro atoms. The molecule has 0 saturated heterocycles. The van der Waals surface area contributed by atoms with Crippen molar-refractivity contribution < 1.29 is 23.5 Å². The molecule has 0 saturated carbocycles. The molecular weight excluding hydrogens is 375 g/mol. The quantitative estimate of drug-likeness (QED) is 0.744. The molecule has 1 aliphatic carbocycles. The average Bonchev–Trinajstić information content (AvgIpc) is 3.12. The highest BCUT2D eigenvalue weighted by atomic mass is 19.1. The van der Waals surface area contributed by atoms with Crippen LogP contribution in [-0.4, -0.2) is 36.3 Å². The Morgan fingerprint density at radius 2 is 1.97 bits per heavy atom. The number of hydrazone groups is 1. The fourth-order valence-electron chi connectivity index (χ4n) is 4.04. The Bertz CT molecular complexity index is 987. The van der Waals surface area contributed by atoms with Gasteiger partial charge in [0.25, 0.3) is 5.91 Å². The highest BCUT2D eigenvalue weighted by Crippen LogP contribution is 2.44. The maximum Gasteiger partial charge on any atom is 0.303 e. The van der Waals surface area contributed by atoms with Crippen LogP contribution < -0.4 is 4.74 Å². The van der Waals surface area contributed by atoms with Crippen LogP contribution in [0.1, 0.15) is 36.1 Å². The number of aryl methyl sites for hydroxylation is 1. The molecule has 1 aliphatic heterocycles. The van der Waals surface area contributed by atoms with Crippen LogP contribution in [-0.2, 0) is 20.7 Å². The Kier molecular flexibility index (Phi) is 5.05. The third-order valence-corrected chi connectivity index (χ3v) is 5.39. The molecule has 0 fully saturated rings. The second-order valence-corrected chi connectivity index (χ2v) is 7.17. The number of methoxy groups -OCH3 is 1. The molecule has 2 aliphatic rings. The van der Waals surface area contributed by atoms with E-state index in [2.05, 4.69) is 5.10 Å². The molecule has 0 radical (unpaired) electrons. The van der Waals surface area contributed by atoms with Crippen molar-refractivity contribution in [3.8, 4) is 5.75 Å². The molecule has 150 valence electrons. The number of carbonyl (C=O) groups excluding carboxylic acids is 2. The summed E-state index contributed by atoms with van der Waals surface area (Å²) in [5.74, 6) is -0.613. The van der Waals surface area contributed by atoms with E-state index < -0.39 is 11.9 Å². The predicted octanol–water partition coefficient (Wildman–Crippen LogP) is 3.25. The number of esters is 1. The summed E-state index contributed by atoms with van der Waals surface area (Å²) in [4.78, 5) is 24.0. The summed E-state index contributed by atoms with van der Waals surface area (Å²) in [5.41, 5.74) is 3.69. The van der Waals surface area contributed by atoms with Gasteiger partial charge in [-0.05, 0) is 48.2 Å². The van der Waals surface area contributed by atoms with E-state index in [1.54, 1.807) is 19.2 Å². The van der Waals surface area contributed by atoms with Gasteiger partial charge >= 0.3 is 5.97 Å². The number of ether oxygens (including phenoxy) is 2. The molecule has 0 aromatic heterocycles. The largest absolute Gasteiger partial charge is 0.497 e. The fraction of sp³-hybridized carbons (Fsp3) is 0.318. The molecule has 2 atom stereocenters. The molecule has 2 aromatic rings. The van der Waals surface area contributed by atoms with E-state index >= 15 is 0 Å². The second kappa shape index (κ2) is 7.66. The minimum atomic E-state index is -0.531. The van der Waals surface area contributed by atoms with Gasteiger partial charge in [0.1, 0.15) is 11.6 Å². The Morgan fingerprint density at radius 1 is 1.21 bits per heavy atom. The number of nitrogens with zero attached hydrogens (tertiary/aromatic N) is 2. The average molecular weight is 396 g/mol. The number of fused-ring (bicyclic) bond motifs is 3. The minimum absolute atomic E-state index is 0.0404. The Hall–Kier alpha value is -3.22. The maximum absolute atomic E-state index is 13.5. The number of hydrogen-bond acceptors (Lipinski definition) is 5. The van der Waals surface area contributed by atoms with Gasteiger partial charge in [-0.3, -0.25) is 9.59 Å². The van der Waals surface area contributed by atoms with E-state index in [-0.39, 0.29) is 24.4 Å². The van der Waals surface area contributed by atoms with Crippen molar-refractivity contribution in [2.75, 3.05) is 13.7 Å². The van der Waals surface area contributed by atoms with E-state index in [1.807, 2.05) is 18.2 Å². The lowest BCUT2D eigenvalue weighted by Gasteiger charge is -2.29. The predicted molar refractivity (Wildman–Crippen MR) is 104 cm³/mol. The van der Waals surface area contributed by atoms with E-state index in [9.17, 15) is 14.0 Å². The van der Waals surface area contributed by atoms with Crippen LogP contribution in [0.25, 0.3) is 0 Å². The van der Waals surface area contributed by atoms with Gasteiger partial charge in [-0.1, -0.05) is 18.2 Å². The summed E-state index contributed by atoms with van der Waals surface area (Å²) >= 11 is 0. The lowest BCUT2D eigenvalue weighted by atomic mass is 9.77. The summed E-state index contributed by atoms with van der Waals surface area (Å²) < 4.78 is 23.7. The summed E-state index contributed by atoms with van der Waals surface area (Å²) in [6.45, 7) is 0.865. The molecule has 4 rings (SSSR count). The molecule has 0 bridgehead atoms. The van der Waals surface area contributed by atoms with Gasteiger partial charge < -0.3 is 9.47 Å². The van der Waals surface area contributed by atoms with E-state index in [1.165, 1.54) is 24.1 Å².